The van der Waals surface area contributed by atoms with E-state index in [0.717, 1.165) is 18.7 Å². The molecular weight excluding hydrogens is 400 g/mol. The summed E-state index contributed by atoms with van der Waals surface area (Å²) in [6.45, 7) is 4.40. The average molecular weight is 421 g/mol. The fourth-order valence-electron chi connectivity index (χ4n) is 3.32. The molecule has 3 saturated heterocycles. The van der Waals surface area contributed by atoms with Crippen LogP contribution >= 0.6 is 11.6 Å². The van der Waals surface area contributed by atoms with Crippen molar-refractivity contribution in [3.05, 3.63) is 41.4 Å². The van der Waals surface area contributed by atoms with Gasteiger partial charge in [0.1, 0.15) is 0 Å². The number of aromatic nitrogens is 2. The highest BCUT2D eigenvalue weighted by Crippen LogP contribution is 2.28. The number of carbonyl (C=O) groups is 2. The van der Waals surface area contributed by atoms with E-state index in [2.05, 4.69) is 20.0 Å². The number of carboxylic acid groups (broad SMARTS) is 2. The molecule has 0 saturated carbocycles. The number of fused-ring (bicyclic) bond motifs is 4. The second kappa shape index (κ2) is 9.53. The zero-order valence-corrected chi connectivity index (χ0v) is 16.3. The lowest BCUT2D eigenvalue weighted by Crippen LogP contribution is -2.38. The number of carboxylic acids is 2. The van der Waals surface area contributed by atoms with Crippen LogP contribution in [0.15, 0.2) is 40.8 Å². The summed E-state index contributed by atoms with van der Waals surface area (Å²) >= 11 is 5.91. The van der Waals surface area contributed by atoms with Gasteiger partial charge < -0.3 is 24.4 Å². The molecule has 0 aliphatic carbocycles. The number of aliphatic carboxylic acids is 2. The number of hydrogen-bond donors (Lipinski definition) is 2. The van der Waals surface area contributed by atoms with Gasteiger partial charge in [-0.15, -0.1) is 5.10 Å². The number of nitrogens with zero attached hydrogens (tertiary/aromatic N) is 4. The number of halogens is 1. The molecule has 0 radical (unpaired) electrons. The average Bonchev–Trinajstić information content (AvgIpc) is 2.99. The Morgan fingerprint density at radius 1 is 1.00 bits per heavy atom. The van der Waals surface area contributed by atoms with Crippen LogP contribution < -0.4 is 4.90 Å². The lowest BCUT2D eigenvalue weighted by molar-refractivity contribution is -0.134. The summed E-state index contributed by atoms with van der Waals surface area (Å²) in [7, 11) is 0. The molecule has 10 heteroatoms. The summed E-state index contributed by atoms with van der Waals surface area (Å²) in [4.78, 5) is 23.9. The van der Waals surface area contributed by atoms with Crippen molar-refractivity contribution in [2.75, 3.05) is 31.1 Å². The maximum atomic E-state index is 9.55. The molecule has 2 N–H and O–H groups in total. The summed E-state index contributed by atoms with van der Waals surface area (Å²) in [6.07, 6.45) is 3.47. The molecule has 0 atom stereocenters. The standard InChI is InChI=1S/C15H17ClN4O.C4H4O4/c16-12-3-1-11(2-4-12)14-17-18-15(21-14)20-10-9-19-7-5-13(20)6-8-19;5-3(6)1-2-4(7)8/h1-4,13H,5-10H2;1-2H,(H,5,6)(H,7,8)/b;2-1+. The molecular formula is C19H21ClN4O5. The monoisotopic (exact) mass is 420 g/mol. The molecule has 4 heterocycles. The Hall–Kier alpha value is -2.91. The SMILES string of the molecule is Clc1ccc(-c2nnc(N3CCN4CCC3CC4)o2)cc1.O=C(O)/C=C/C(=O)O. The first-order valence-electron chi connectivity index (χ1n) is 9.15. The van der Waals surface area contributed by atoms with Gasteiger partial charge >= 0.3 is 18.0 Å². The van der Waals surface area contributed by atoms with Gasteiger partial charge in [0.05, 0.1) is 0 Å². The summed E-state index contributed by atoms with van der Waals surface area (Å²) in [5.41, 5.74) is 0.904. The Morgan fingerprint density at radius 3 is 2.21 bits per heavy atom. The van der Waals surface area contributed by atoms with Crippen molar-refractivity contribution in [2.24, 2.45) is 0 Å². The Kier molecular flexibility index (Phi) is 6.84. The van der Waals surface area contributed by atoms with Crippen LogP contribution in [0.2, 0.25) is 5.02 Å². The molecule has 3 aliphatic heterocycles. The smallest absolute Gasteiger partial charge is 0.328 e. The third-order valence-corrected chi connectivity index (χ3v) is 5.03. The quantitative estimate of drug-likeness (QED) is 0.718. The fourth-order valence-corrected chi connectivity index (χ4v) is 3.45. The number of hydrogen-bond acceptors (Lipinski definition) is 7. The van der Waals surface area contributed by atoms with E-state index >= 15 is 0 Å². The molecule has 3 aliphatic rings. The van der Waals surface area contributed by atoms with Crippen LogP contribution in [0.1, 0.15) is 12.8 Å². The van der Waals surface area contributed by atoms with Gasteiger partial charge in [-0.2, -0.15) is 0 Å². The predicted octanol–water partition coefficient (Wildman–Crippen LogP) is 2.39. The minimum absolute atomic E-state index is 0.530. The van der Waals surface area contributed by atoms with E-state index in [1.54, 1.807) is 0 Å². The van der Waals surface area contributed by atoms with E-state index in [-0.39, 0.29) is 0 Å². The molecule has 0 spiro atoms. The number of anilines is 1. The zero-order chi connectivity index (χ0) is 20.8. The lowest BCUT2D eigenvalue weighted by Gasteiger charge is -2.29. The molecule has 5 rings (SSSR count). The summed E-state index contributed by atoms with van der Waals surface area (Å²) in [6, 6.07) is 8.65. The molecule has 9 nitrogen and oxygen atoms in total. The summed E-state index contributed by atoms with van der Waals surface area (Å²) < 4.78 is 5.90. The summed E-state index contributed by atoms with van der Waals surface area (Å²) in [5, 5.41) is 24.8. The Labute approximate surface area is 172 Å². The Morgan fingerprint density at radius 2 is 1.62 bits per heavy atom. The second-order valence-corrected chi connectivity index (χ2v) is 7.11. The van der Waals surface area contributed by atoms with Gasteiger partial charge in [-0.3, -0.25) is 0 Å². The number of piperidine rings is 1. The molecule has 1 aromatic heterocycles. The highest BCUT2D eigenvalue weighted by molar-refractivity contribution is 6.30. The minimum Gasteiger partial charge on any atom is -0.478 e. The highest BCUT2D eigenvalue weighted by atomic mass is 35.5. The zero-order valence-electron chi connectivity index (χ0n) is 15.6. The van der Waals surface area contributed by atoms with Crippen LogP contribution in [0.4, 0.5) is 6.01 Å². The van der Waals surface area contributed by atoms with Crippen LogP contribution in [-0.2, 0) is 9.59 Å². The molecule has 0 amide bonds. The van der Waals surface area contributed by atoms with Crippen molar-refractivity contribution in [1.82, 2.24) is 15.1 Å². The normalized spacial score (nSPS) is 20.8. The van der Waals surface area contributed by atoms with Crippen molar-refractivity contribution < 1.29 is 24.2 Å². The van der Waals surface area contributed by atoms with Gasteiger partial charge in [-0.25, -0.2) is 9.59 Å². The largest absolute Gasteiger partial charge is 0.478 e. The van der Waals surface area contributed by atoms with Gasteiger partial charge in [-0.1, -0.05) is 16.7 Å². The van der Waals surface area contributed by atoms with Crippen molar-refractivity contribution in [3.63, 3.8) is 0 Å². The number of benzene rings is 1. The molecule has 1 aromatic carbocycles. The molecule has 3 fully saturated rings. The van der Waals surface area contributed by atoms with E-state index in [4.69, 9.17) is 26.2 Å². The first-order chi connectivity index (χ1) is 13.9. The Bertz CT molecular complexity index is 859. The number of rotatable bonds is 4. The molecule has 0 unspecified atom stereocenters. The first kappa shape index (κ1) is 20.8. The van der Waals surface area contributed by atoms with E-state index in [1.165, 1.54) is 25.9 Å². The molecule has 2 bridgehead atoms. The molecule has 29 heavy (non-hydrogen) atoms. The maximum Gasteiger partial charge on any atom is 0.328 e. The van der Waals surface area contributed by atoms with Gasteiger partial charge in [0.15, 0.2) is 0 Å². The van der Waals surface area contributed by atoms with E-state index in [0.29, 0.717) is 35.1 Å². The van der Waals surface area contributed by atoms with Crippen LogP contribution in [0.5, 0.6) is 0 Å². The van der Waals surface area contributed by atoms with Crippen LogP contribution in [0.3, 0.4) is 0 Å². The summed E-state index contributed by atoms with van der Waals surface area (Å²) in [5.74, 6) is -1.96. The van der Waals surface area contributed by atoms with E-state index < -0.39 is 11.9 Å². The van der Waals surface area contributed by atoms with Gasteiger partial charge in [0.25, 0.3) is 0 Å². The first-order valence-corrected chi connectivity index (χ1v) is 9.52. The third kappa shape index (κ3) is 5.78. The lowest BCUT2D eigenvalue weighted by atomic mass is 10.1. The van der Waals surface area contributed by atoms with Crippen LogP contribution in [0, 0.1) is 0 Å². The van der Waals surface area contributed by atoms with Crippen LogP contribution in [0.25, 0.3) is 11.5 Å². The molecule has 2 aromatic rings. The van der Waals surface area contributed by atoms with E-state index in [9.17, 15) is 9.59 Å². The van der Waals surface area contributed by atoms with Crippen LogP contribution in [-0.4, -0.2) is 69.5 Å². The second-order valence-electron chi connectivity index (χ2n) is 6.67. The van der Waals surface area contributed by atoms with Crippen molar-refractivity contribution >= 4 is 29.6 Å². The third-order valence-electron chi connectivity index (χ3n) is 4.77. The predicted molar refractivity (Wildman–Crippen MR) is 106 cm³/mol. The maximum absolute atomic E-state index is 9.55. The highest BCUT2D eigenvalue weighted by Gasteiger charge is 2.31. The van der Waals surface area contributed by atoms with Crippen molar-refractivity contribution in [2.45, 2.75) is 18.9 Å². The van der Waals surface area contributed by atoms with Gasteiger partial charge in [0.2, 0.25) is 5.89 Å². The van der Waals surface area contributed by atoms with Crippen molar-refractivity contribution in [1.29, 1.82) is 0 Å². The molecule has 154 valence electrons. The van der Waals surface area contributed by atoms with Gasteiger partial charge in [0, 0.05) is 55.0 Å². The fraction of sp³-hybridized carbons (Fsp3) is 0.368. The van der Waals surface area contributed by atoms with E-state index in [1.807, 2.05) is 24.3 Å². The van der Waals surface area contributed by atoms with Crippen molar-refractivity contribution in [3.8, 4) is 11.5 Å². The minimum atomic E-state index is -1.26. The topological polar surface area (TPSA) is 120 Å². The van der Waals surface area contributed by atoms with Gasteiger partial charge in [-0.05, 0) is 37.1 Å². The Balaban J connectivity index is 0.000000258.